The van der Waals surface area contributed by atoms with Crippen molar-refractivity contribution in [2.45, 2.75) is 26.1 Å². The second-order valence-electron chi connectivity index (χ2n) is 5.32. The lowest BCUT2D eigenvalue weighted by atomic mass is 10.1. The Kier molecular flexibility index (Phi) is 6.77. The zero-order valence-corrected chi connectivity index (χ0v) is 12.9. The normalized spacial score (nSPS) is 15.2. The Morgan fingerprint density at radius 2 is 1.78 bits per heavy atom. The summed E-state index contributed by atoms with van der Waals surface area (Å²) in [7, 11) is 0. The quantitative estimate of drug-likeness (QED) is 0.641. The number of alkyl halides is 3. The summed E-state index contributed by atoms with van der Waals surface area (Å²) in [6, 6.07) is 2.70. The molecule has 1 heterocycles. The molecule has 1 aliphatic rings. The predicted molar refractivity (Wildman–Crippen MR) is 80.5 cm³/mol. The van der Waals surface area contributed by atoms with E-state index in [1.165, 1.54) is 6.07 Å². The first kappa shape index (κ1) is 19.2. The maximum Gasteiger partial charge on any atom is 0.416 e. The van der Waals surface area contributed by atoms with Crippen LogP contribution in [0.15, 0.2) is 18.2 Å². The highest BCUT2D eigenvalue weighted by atomic mass is 19.4. The van der Waals surface area contributed by atoms with Crippen LogP contribution < -0.4 is 10.2 Å². The van der Waals surface area contributed by atoms with Gasteiger partial charge in [-0.15, -0.1) is 0 Å². The van der Waals surface area contributed by atoms with E-state index in [1.54, 1.807) is 18.7 Å². The van der Waals surface area contributed by atoms with Gasteiger partial charge in [-0.1, -0.05) is 0 Å². The highest BCUT2D eigenvalue weighted by Gasteiger charge is 2.33. The molecule has 0 aliphatic carbocycles. The summed E-state index contributed by atoms with van der Waals surface area (Å²) in [5.74, 6) is 0. The average Bonchev–Trinajstić information content (AvgIpc) is 2.46. The number of aliphatic hydroxyl groups is 1. The van der Waals surface area contributed by atoms with Crippen molar-refractivity contribution in [3.63, 3.8) is 0 Å². The van der Waals surface area contributed by atoms with E-state index in [0.29, 0.717) is 32.2 Å². The smallest absolute Gasteiger partial charge is 0.394 e. The topological polar surface area (TPSA) is 78.6 Å². The summed E-state index contributed by atoms with van der Waals surface area (Å²) in [6.45, 7) is 5.78. The third-order valence-electron chi connectivity index (χ3n) is 2.92. The van der Waals surface area contributed by atoms with E-state index in [9.17, 15) is 23.3 Å². The highest BCUT2D eigenvalue weighted by Crippen LogP contribution is 2.35. The molecule has 0 atom stereocenters. The van der Waals surface area contributed by atoms with Gasteiger partial charge in [-0.25, -0.2) is 0 Å². The first-order valence-electron chi connectivity index (χ1n) is 7.11. The van der Waals surface area contributed by atoms with E-state index >= 15 is 0 Å². The van der Waals surface area contributed by atoms with Crippen LogP contribution in [0.4, 0.5) is 24.5 Å². The number of rotatable bonds is 2. The van der Waals surface area contributed by atoms with Crippen LogP contribution in [0.5, 0.6) is 0 Å². The van der Waals surface area contributed by atoms with Crippen molar-refractivity contribution in [1.82, 2.24) is 5.32 Å². The fourth-order valence-corrected chi connectivity index (χ4v) is 1.97. The Morgan fingerprint density at radius 3 is 2.22 bits per heavy atom. The lowest BCUT2D eigenvalue weighted by Crippen LogP contribution is -2.43. The van der Waals surface area contributed by atoms with E-state index in [1.807, 2.05) is 0 Å². The number of halogens is 3. The van der Waals surface area contributed by atoms with Crippen molar-refractivity contribution in [2.75, 3.05) is 31.1 Å². The van der Waals surface area contributed by atoms with Crippen LogP contribution in [0.2, 0.25) is 0 Å². The number of nitro groups is 1. The van der Waals surface area contributed by atoms with E-state index in [2.05, 4.69) is 5.32 Å². The summed E-state index contributed by atoms with van der Waals surface area (Å²) < 4.78 is 38.2. The van der Waals surface area contributed by atoms with Gasteiger partial charge in [0, 0.05) is 50.1 Å². The molecular formula is C14H20F3N3O3. The number of hydrogen-bond donors (Lipinski definition) is 2. The Bertz CT molecular complexity index is 527. The van der Waals surface area contributed by atoms with Gasteiger partial charge >= 0.3 is 6.18 Å². The van der Waals surface area contributed by atoms with Crippen LogP contribution in [-0.4, -0.2) is 42.3 Å². The zero-order chi connectivity index (χ0) is 17.6. The predicted octanol–water partition coefficient (Wildman–Crippen LogP) is 2.41. The maximum absolute atomic E-state index is 12.7. The molecule has 0 radical (unpaired) electrons. The number of non-ortho nitro benzene ring substituents is 1. The molecule has 0 amide bonds. The van der Waals surface area contributed by atoms with Crippen molar-refractivity contribution < 1.29 is 23.2 Å². The molecule has 130 valence electrons. The minimum absolute atomic E-state index is 0.167. The first-order valence-corrected chi connectivity index (χ1v) is 7.11. The second kappa shape index (κ2) is 8.11. The molecule has 0 aromatic heterocycles. The summed E-state index contributed by atoms with van der Waals surface area (Å²) in [5.41, 5.74) is -1.29. The standard InChI is InChI=1S/C11H12F3N3O2.C3H8O/c12-11(13,14)8-5-9(7-10(6-8)17(18)19)16-3-1-15-2-4-16;1-3(2)4/h5-7,15H,1-4H2;3-4H,1-2H3. The van der Waals surface area contributed by atoms with Gasteiger partial charge in [0.15, 0.2) is 0 Å². The Hall–Kier alpha value is -1.87. The molecule has 6 nitrogen and oxygen atoms in total. The Labute approximate surface area is 132 Å². The number of hydrogen-bond acceptors (Lipinski definition) is 5. The highest BCUT2D eigenvalue weighted by molar-refractivity contribution is 5.56. The van der Waals surface area contributed by atoms with E-state index in [-0.39, 0.29) is 11.8 Å². The van der Waals surface area contributed by atoms with E-state index in [0.717, 1.165) is 6.07 Å². The van der Waals surface area contributed by atoms with Crippen LogP contribution >= 0.6 is 0 Å². The molecule has 0 bridgehead atoms. The molecule has 0 saturated carbocycles. The first-order chi connectivity index (χ1) is 10.6. The zero-order valence-electron chi connectivity index (χ0n) is 12.9. The molecule has 1 aromatic rings. The largest absolute Gasteiger partial charge is 0.416 e. The number of nitrogens with one attached hydrogen (secondary N) is 1. The van der Waals surface area contributed by atoms with Gasteiger partial charge in [0.25, 0.3) is 5.69 Å². The molecule has 1 aliphatic heterocycles. The molecule has 9 heteroatoms. The average molecular weight is 335 g/mol. The summed E-state index contributed by atoms with van der Waals surface area (Å²) in [6.07, 6.45) is -4.76. The Morgan fingerprint density at radius 1 is 1.26 bits per heavy atom. The molecular weight excluding hydrogens is 315 g/mol. The summed E-state index contributed by atoms with van der Waals surface area (Å²) >= 11 is 0. The molecule has 23 heavy (non-hydrogen) atoms. The molecule has 0 unspecified atom stereocenters. The number of nitrogens with zero attached hydrogens (tertiary/aromatic N) is 2. The summed E-state index contributed by atoms with van der Waals surface area (Å²) in [5, 5.41) is 21.8. The van der Waals surface area contributed by atoms with Crippen LogP contribution in [-0.2, 0) is 6.18 Å². The fraction of sp³-hybridized carbons (Fsp3) is 0.571. The van der Waals surface area contributed by atoms with E-state index in [4.69, 9.17) is 5.11 Å². The Balaban J connectivity index is 0.000000593. The van der Waals surface area contributed by atoms with Gasteiger partial charge in [-0.2, -0.15) is 13.2 Å². The van der Waals surface area contributed by atoms with Crippen LogP contribution in [0.25, 0.3) is 0 Å². The number of anilines is 1. The van der Waals surface area contributed by atoms with Crippen LogP contribution in [0, 0.1) is 10.1 Å². The van der Waals surface area contributed by atoms with Gasteiger partial charge in [0.05, 0.1) is 10.5 Å². The van der Waals surface area contributed by atoms with Crippen molar-refractivity contribution in [2.24, 2.45) is 0 Å². The molecule has 1 aromatic carbocycles. The fourth-order valence-electron chi connectivity index (χ4n) is 1.97. The second-order valence-corrected chi connectivity index (χ2v) is 5.32. The van der Waals surface area contributed by atoms with Gasteiger partial charge in [-0.05, 0) is 19.9 Å². The lowest BCUT2D eigenvalue weighted by molar-refractivity contribution is -0.385. The molecule has 2 N–H and O–H groups in total. The van der Waals surface area contributed by atoms with E-state index < -0.39 is 22.4 Å². The number of nitro benzene ring substituents is 1. The minimum Gasteiger partial charge on any atom is -0.394 e. The number of benzene rings is 1. The van der Waals surface area contributed by atoms with Crippen molar-refractivity contribution >= 4 is 11.4 Å². The molecule has 1 fully saturated rings. The molecule has 1 saturated heterocycles. The minimum atomic E-state index is -4.59. The lowest BCUT2D eigenvalue weighted by Gasteiger charge is -2.29. The van der Waals surface area contributed by atoms with Gasteiger partial charge in [0.1, 0.15) is 0 Å². The summed E-state index contributed by atoms with van der Waals surface area (Å²) in [4.78, 5) is 11.6. The molecule has 2 rings (SSSR count). The third-order valence-corrected chi connectivity index (χ3v) is 2.92. The van der Waals surface area contributed by atoms with Crippen molar-refractivity contribution in [1.29, 1.82) is 0 Å². The monoisotopic (exact) mass is 335 g/mol. The van der Waals surface area contributed by atoms with Crippen molar-refractivity contribution in [3.05, 3.63) is 33.9 Å². The van der Waals surface area contributed by atoms with Crippen LogP contribution in [0.1, 0.15) is 19.4 Å². The third kappa shape index (κ3) is 6.41. The number of piperazine rings is 1. The van der Waals surface area contributed by atoms with Gasteiger partial charge in [-0.3, -0.25) is 10.1 Å². The SMILES string of the molecule is CC(C)O.O=[N+]([O-])c1cc(N2CCNCC2)cc(C(F)(F)F)c1. The van der Waals surface area contributed by atoms with Crippen molar-refractivity contribution in [3.8, 4) is 0 Å². The van der Waals surface area contributed by atoms with Gasteiger partial charge in [0.2, 0.25) is 0 Å². The maximum atomic E-state index is 12.7. The molecule has 0 spiro atoms. The number of aliphatic hydroxyl groups excluding tert-OH is 1. The van der Waals surface area contributed by atoms with Crippen LogP contribution in [0.3, 0.4) is 0 Å². The van der Waals surface area contributed by atoms with Gasteiger partial charge < -0.3 is 15.3 Å².